The third kappa shape index (κ3) is 3.40. The van der Waals surface area contributed by atoms with E-state index in [1.807, 2.05) is 6.07 Å². The lowest BCUT2D eigenvalue weighted by molar-refractivity contribution is -0.140. The molecule has 1 saturated carbocycles. The molecule has 2 fully saturated rings. The number of piperidine rings is 1. The molecule has 24 heavy (non-hydrogen) atoms. The summed E-state index contributed by atoms with van der Waals surface area (Å²) in [6.07, 6.45) is 8.48. The molecule has 1 aliphatic heterocycles. The Morgan fingerprint density at radius 2 is 2.00 bits per heavy atom. The van der Waals surface area contributed by atoms with Gasteiger partial charge in [0, 0.05) is 6.04 Å². The molecule has 4 nitrogen and oxygen atoms in total. The number of nitrogens with zero attached hydrogens (tertiary/aromatic N) is 1. The Bertz CT molecular complexity index is 562. The summed E-state index contributed by atoms with van der Waals surface area (Å²) in [5, 5.41) is 30.9. The number of phenolic OH excluding ortho intramolecular Hbond substituents is 2. The van der Waals surface area contributed by atoms with Gasteiger partial charge in [-0.2, -0.15) is 0 Å². The fourth-order valence-electron chi connectivity index (χ4n) is 4.73. The molecule has 3 N–H and O–H groups in total. The largest absolute Gasteiger partial charge is 0.504 e. The summed E-state index contributed by atoms with van der Waals surface area (Å²) >= 11 is 0. The normalized spacial score (nSPS) is 30.9. The monoisotopic (exact) mass is 333 g/mol. The van der Waals surface area contributed by atoms with Gasteiger partial charge in [-0.1, -0.05) is 32.3 Å². The number of fused-ring (bicyclic) bond motifs is 1. The van der Waals surface area contributed by atoms with E-state index in [1.165, 1.54) is 6.42 Å². The van der Waals surface area contributed by atoms with E-state index < -0.39 is 5.60 Å². The van der Waals surface area contributed by atoms with E-state index in [9.17, 15) is 15.3 Å². The highest BCUT2D eigenvalue weighted by molar-refractivity contribution is 5.41. The van der Waals surface area contributed by atoms with Crippen LogP contribution in [0.25, 0.3) is 0 Å². The average molecular weight is 333 g/mol. The van der Waals surface area contributed by atoms with Crippen LogP contribution in [-0.4, -0.2) is 45.0 Å². The fraction of sp³-hybridized carbons (Fsp3) is 0.700. The molecule has 1 aromatic rings. The summed E-state index contributed by atoms with van der Waals surface area (Å²) in [5.74, 6) is 0.245. The Labute approximate surface area is 145 Å². The van der Waals surface area contributed by atoms with Crippen molar-refractivity contribution >= 4 is 0 Å². The van der Waals surface area contributed by atoms with E-state index in [0.29, 0.717) is 5.92 Å². The van der Waals surface area contributed by atoms with Gasteiger partial charge in [-0.25, -0.2) is 0 Å². The molecule has 1 heterocycles. The molecule has 2 aliphatic rings. The number of likely N-dealkylation sites (tertiary alicyclic amines) is 1. The van der Waals surface area contributed by atoms with E-state index in [2.05, 4.69) is 11.8 Å². The summed E-state index contributed by atoms with van der Waals surface area (Å²) in [6.45, 7) is 4.29. The molecule has 0 aromatic heterocycles. The van der Waals surface area contributed by atoms with Gasteiger partial charge in [0.05, 0.1) is 5.60 Å². The number of phenols is 2. The molecular formula is C20H31NO3. The fourth-order valence-corrected chi connectivity index (χ4v) is 4.73. The zero-order chi connectivity index (χ0) is 17.2. The Balaban J connectivity index is 1.85. The highest BCUT2D eigenvalue weighted by atomic mass is 16.3. The van der Waals surface area contributed by atoms with Crippen molar-refractivity contribution in [2.45, 2.75) is 69.9 Å². The van der Waals surface area contributed by atoms with Crippen molar-refractivity contribution in [3.05, 3.63) is 23.8 Å². The molecule has 134 valence electrons. The van der Waals surface area contributed by atoms with Crippen molar-refractivity contribution in [3.63, 3.8) is 0 Å². The maximum absolute atomic E-state index is 11.6. The van der Waals surface area contributed by atoms with Crippen molar-refractivity contribution in [2.24, 2.45) is 5.92 Å². The first-order valence-electron chi connectivity index (χ1n) is 9.52. The van der Waals surface area contributed by atoms with Crippen molar-refractivity contribution in [1.82, 2.24) is 4.90 Å². The summed E-state index contributed by atoms with van der Waals surface area (Å²) in [5.41, 5.74) is 0.369. The summed E-state index contributed by atoms with van der Waals surface area (Å²) in [6, 6.07) is 5.16. The Hall–Kier alpha value is -1.26. The van der Waals surface area contributed by atoms with Gasteiger partial charge in [0.25, 0.3) is 0 Å². The predicted octanol–water partition coefficient (Wildman–Crippen LogP) is 3.44. The second kappa shape index (κ2) is 7.32. The van der Waals surface area contributed by atoms with Crippen molar-refractivity contribution in [3.8, 4) is 11.5 Å². The van der Waals surface area contributed by atoms with Crippen LogP contribution in [-0.2, 0) is 6.42 Å². The van der Waals surface area contributed by atoms with E-state index >= 15 is 0 Å². The van der Waals surface area contributed by atoms with Gasteiger partial charge in [0.15, 0.2) is 11.5 Å². The van der Waals surface area contributed by atoms with Crippen LogP contribution in [0.15, 0.2) is 18.2 Å². The van der Waals surface area contributed by atoms with Crippen LogP contribution in [0.4, 0.5) is 0 Å². The average Bonchev–Trinajstić information content (AvgIpc) is 2.57. The zero-order valence-corrected chi connectivity index (χ0v) is 14.7. The second-order valence-corrected chi connectivity index (χ2v) is 7.66. The molecule has 4 heteroatoms. The SMILES string of the molecule is CCCCN1CCC2CCCCC2(O)C1Cc1ccc(O)c(O)c1. The predicted molar refractivity (Wildman–Crippen MR) is 95.3 cm³/mol. The van der Waals surface area contributed by atoms with Gasteiger partial charge in [-0.15, -0.1) is 0 Å². The molecule has 3 unspecified atom stereocenters. The topological polar surface area (TPSA) is 63.9 Å². The highest BCUT2D eigenvalue weighted by Gasteiger charge is 2.49. The van der Waals surface area contributed by atoms with E-state index in [0.717, 1.165) is 63.6 Å². The standard InChI is InChI=1S/C20H31NO3/c1-2-3-11-21-12-9-16-6-4-5-10-20(16,24)19(21)14-15-7-8-17(22)18(23)13-15/h7-8,13,16,19,22-24H,2-6,9-12,14H2,1H3. The van der Waals surface area contributed by atoms with Gasteiger partial charge >= 0.3 is 0 Å². The Morgan fingerprint density at radius 1 is 1.17 bits per heavy atom. The number of benzene rings is 1. The molecular weight excluding hydrogens is 302 g/mol. The Kier molecular flexibility index (Phi) is 5.36. The first kappa shape index (κ1) is 17.6. The minimum Gasteiger partial charge on any atom is -0.504 e. The highest BCUT2D eigenvalue weighted by Crippen LogP contribution is 2.44. The quantitative estimate of drug-likeness (QED) is 0.722. The summed E-state index contributed by atoms with van der Waals surface area (Å²) in [4.78, 5) is 2.47. The first-order valence-corrected chi connectivity index (χ1v) is 9.52. The van der Waals surface area contributed by atoms with E-state index in [4.69, 9.17) is 0 Å². The van der Waals surface area contributed by atoms with Crippen molar-refractivity contribution in [2.75, 3.05) is 13.1 Å². The first-order chi connectivity index (χ1) is 11.5. The summed E-state index contributed by atoms with van der Waals surface area (Å²) in [7, 11) is 0. The second-order valence-electron chi connectivity index (χ2n) is 7.66. The lowest BCUT2D eigenvalue weighted by Gasteiger charge is -2.54. The van der Waals surface area contributed by atoms with Crippen LogP contribution < -0.4 is 0 Å². The molecule has 0 bridgehead atoms. The minimum atomic E-state index is -0.613. The van der Waals surface area contributed by atoms with Gasteiger partial charge in [-0.05, 0) is 68.8 Å². The molecule has 1 aromatic carbocycles. The maximum Gasteiger partial charge on any atom is 0.157 e. The van der Waals surface area contributed by atoms with Crippen LogP contribution >= 0.6 is 0 Å². The lowest BCUT2D eigenvalue weighted by atomic mass is 9.66. The Morgan fingerprint density at radius 3 is 2.75 bits per heavy atom. The third-order valence-corrected chi connectivity index (χ3v) is 6.14. The van der Waals surface area contributed by atoms with E-state index in [1.54, 1.807) is 12.1 Å². The number of aromatic hydroxyl groups is 2. The van der Waals surface area contributed by atoms with Crippen LogP contribution in [0.3, 0.4) is 0 Å². The molecule has 3 rings (SSSR count). The van der Waals surface area contributed by atoms with Crippen molar-refractivity contribution < 1.29 is 15.3 Å². The molecule has 0 radical (unpaired) electrons. The third-order valence-electron chi connectivity index (χ3n) is 6.14. The van der Waals surface area contributed by atoms with Crippen LogP contribution in [0.5, 0.6) is 11.5 Å². The van der Waals surface area contributed by atoms with E-state index in [-0.39, 0.29) is 17.5 Å². The summed E-state index contributed by atoms with van der Waals surface area (Å²) < 4.78 is 0. The smallest absolute Gasteiger partial charge is 0.157 e. The number of aliphatic hydroxyl groups is 1. The minimum absolute atomic E-state index is 0.0735. The van der Waals surface area contributed by atoms with Gasteiger partial charge < -0.3 is 15.3 Å². The van der Waals surface area contributed by atoms with Crippen LogP contribution in [0.2, 0.25) is 0 Å². The molecule has 0 spiro atoms. The van der Waals surface area contributed by atoms with Gasteiger partial charge in [0.2, 0.25) is 0 Å². The zero-order valence-electron chi connectivity index (χ0n) is 14.7. The van der Waals surface area contributed by atoms with Gasteiger partial charge in [0.1, 0.15) is 0 Å². The molecule has 3 atom stereocenters. The van der Waals surface area contributed by atoms with Gasteiger partial charge in [-0.3, -0.25) is 4.90 Å². The van der Waals surface area contributed by atoms with Crippen molar-refractivity contribution in [1.29, 1.82) is 0 Å². The number of rotatable bonds is 5. The lowest BCUT2D eigenvalue weighted by Crippen LogP contribution is -2.63. The molecule has 0 amide bonds. The number of unbranched alkanes of at least 4 members (excludes halogenated alkanes) is 1. The number of hydrogen-bond acceptors (Lipinski definition) is 4. The maximum atomic E-state index is 11.6. The van der Waals surface area contributed by atoms with Crippen LogP contribution in [0, 0.1) is 5.92 Å². The molecule has 1 saturated heterocycles. The van der Waals surface area contributed by atoms with Crippen LogP contribution in [0.1, 0.15) is 57.4 Å². The molecule has 1 aliphatic carbocycles. The number of hydrogen-bond donors (Lipinski definition) is 3.